The number of carboxylic acid groups (broad SMARTS) is 2. The molecular weight excluding hydrogens is 294 g/mol. The van der Waals surface area contributed by atoms with Crippen LogP contribution in [-0.2, 0) is 11.2 Å². The van der Waals surface area contributed by atoms with E-state index < -0.39 is 11.9 Å². The Morgan fingerprint density at radius 1 is 1.17 bits per heavy atom. The second kappa shape index (κ2) is 5.76. The van der Waals surface area contributed by atoms with Gasteiger partial charge in [-0.3, -0.25) is 4.79 Å². The van der Waals surface area contributed by atoms with Crippen molar-refractivity contribution in [1.29, 1.82) is 0 Å². The molecule has 0 amide bonds. The van der Waals surface area contributed by atoms with Crippen molar-refractivity contribution in [3.63, 3.8) is 0 Å². The maximum atomic E-state index is 11.4. The van der Waals surface area contributed by atoms with Gasteiger partial charge in [-0.2, -0.15) is 0 Å². The number of rotatable bonds is 3. The molecule has 1 heterocycles. The summed E-state index contributed by atoms with van der Waals surface area (Å²) >= 11 is 0. The Morgan fingerprint density at radius 3 is 2.61 bits per heavy atom. The van der Waals surface area contributed by atoms with Crippen LogP contribution in [0.15, 0.2) is 36.4 Å². The van der Waals surface area contributed by atoms with Crippen LogP contribution >= 0.6 is 0 Å². The number of hydrogen-bond acceptors (Lipinski definition) is 3. The van der Waals surface area contributed by atoms with E-state index in [0.717, 1.165) is 22.4 Å². The molecule has 1 aliphatic heterocycles. The van der Waals surface area contributed by atoms with Crippen LogP contribution in [0.2, 0.25) is 0 Å². The van der Waals surface area contributed by atoms with Crippen LogP contribution in [-0.4, -0.2) is 22.2 Å². The first kappa shape index (κ1) is 15.1. The molecule has 5 nitrogen and oxygen atoms in total. The fourth-order valence-corrected chi connectivity index (χ4v) is 3.18. The zero-order valence-electron chi connectivity index (χ0n) is 12.7. The number of nitrogens with one attached hydrogen (secondary N) is 1. The zero-order chi connectivity index (χ0) is 16.6. The van der Waals surface area contributed by atoms with E-state index in [1.54, 1.807) is 19.1 Å². The molecule has 23 heavy (non-hydrogen) atoms. The van der Waals surface area contributed by atoms with Crippen LogP contribution in [0.4, 0.5) is 5.69 Å². The molecule has 0 aromatic heterocycles. The van der Waals surface area contributed by atoms with Crippen LogP contribution in [0, 0.1) is 6.92 Å². The predicted octanol–water partition coefficient (Wildman–Crippen LogP) is 3.23. The van der Waals surface area contributed by atoms with Crippen LogP contribution < -0.4 is 5.32 Å². The summed E-state index contributed by atoms with van der Waals surface area (Å²) in [6, 6.07) is 10.7. The molecule has 118 valence electrons. The number of aromatic carboxylic acids is 1. The summed E-state index contributed by atoms with van der Waals surface area (Å²) in [7, 11) is 0. The first-order valence-corrected chi connectivity index (χ1v) is 7.39. The number of hydrogen-bond donors (Lipinski definition) is 3. The standard InChI is InChI=1S/C18H17NO4/c1-10-12(18(22)23)6-7-15-14(10)8-11-4-2-3-5-13(11)16(19-15)9-17(20)21/h2-7,16,19H,8-9H2,1H3,(H,20,21)(H,22,23). The summed E-state index contributed by atoms with van der Waals surface area (Å²) in [5.41, 5.74) is 4.67. The van der Waals surface area contributed by atoms with Crippen LogP contribution in [0.5, 0.6) is 0 Å². The van der Waals surface area contributed by atoms with Gasteiger partial charge in [-0.15, -0.1) is 0 Å². The number of anilines is 1. The highest BCUT2D eigenvalue weighted by atomic mass is 16.4. The third-order valence-electron chi connectivity index (χ3n) is 4.34. The Bertz CT molecular complexity index is 798. The molecule has 3 N–H and O–H groups in total. The summed E-state index contributed by atoms with van der Waals surface area (Å²) in [6.07, 6.45) is 0.553. The number of carboxylic acids is 2. The fourth-order valence-electron chi connectivity index (χ4n) is 3.18. The average molecular weight is 311 g/mol. The highest BCUT2D eigenvalue weighted by Gasteiger charge is 2.25. The Hall–Kier alpha value is -2.82. The zero-order valence-corrected chi connectivity index (χ0v) is 12.7. The highest BCUT2D eigenvalue weighted by Crippen LogP contribution is 2.36. The molecule has 2 aromatic carbocycles. The van der Waals surface area contributed by atoms with E-state index >= 15 is 0 Å². The lowest BCUT2D eigenvalue weighted by atomic mass is 9.93. The van der Waals surface area contributed by atoms with Gasteiger partial charge in [-0.25, -0.2) is 4.79 Å². The van der Waals surface area contributed by atoms with E-state index in [1.807, 2.05) is 24.3 Å². The second-order valence-electron chi connectivity index (χ2n) is 5.74. The van der Waals surface area contributed by atoms with Crippen LogP contribution in [0.25, 0.3) is 0 Å². The minimum atomic E-state index is -0.954. The summed E-state index contributed by atoms with van der Waals surface area (Å²) in [4.78, 5) is 22.5. The molecule has 0 radical (unpaired) electrons. The Labute approximate surface area is 133 Å². The molecular formula is C18H17NO4. The van der Waals surface area contributed by atoms with Gasteiger partial charge in [0.1, 0.15) is 0 Å². The van der Waals surface area contributed by atoms with E-state index in [4.69, 9.17) is 0 Å². The molecule has 0 aliphatic carbocycles. The molecule has 0 spiro atoms. The van der Waals surface area contributed by atoms with Gasteiger partial charge in [0.05, 0.1) is 18.0 Å². The molecule has 0 saturated carbocycles. The van der Waals surface area contributed by atoms with Gasteiger partial charge in [-0.05, 0) is 41.3 Å². The minimum absolute atomic E-state index is 0.0316. The van der Waals surface area contributed by atoms with Crippen molar-refractivity contribution in [1.82, 2.24) is 0 Å². The van der Waals surface area contributed by atoms with Crippen LogP contribution in [0.3, 0.4) is 0 Å². The van der Waals surface area contributed by atoms with Crippen molar-refractivity contribution in [2.75, 3.05) is 5.32 Å². The van der Waals surface area contributed by atoms with Gasteiger partial charge in [0.25, 0.3) is 0 Å². The summed E-state index contributed by atoms with van der Waals surface area (Å²) in [5.74, 6) is -1.83. The van der Waals surface area contributed by atoms with E-state index in [0.29, 0.717) is 12.0 Å². The normalized spacial score (nSPS) is 15.8. The first-order chi connectivity index (χ1) is 11.0. The molecule has 5 heteroatoms. The molecule has 1 unspecified atom stereocenters. The summed E-state index contributed by atoms with van der Waals surface area (Å²) in [6.45, 7) is 1.80. The predicted molar refractivity (Wildman–Crippen MR) is 86.0 cm³/mol. The molecule has 0 saturated heterocycles. The highest BCUT2D eigenvalue weighted by molar-refractivity contribution is 5.91. The van der Waals surface area contributed by atoms with Gasteiger partial charge >= 0.3 is 11.9 Å². The number of benzene rings is 2. The van der Waals surface area contributed by atoms with E-state index in [1.165, 1.54) is 0 Å². The van der Waals surface area contributed by atoms with Crippen molar-refractivity contribution in [2.24, 2.45) is 0 Å². The van der Waals surface area contributed by atoms with Crippen LogP contribution in [0.1, 0.15) is 45.1 Å². The van der Waals surface area contributed by atoms with Gasteiger partial charge < -0.3 is 15.5 Å². The summed E-state index contributed by atoms with van der Waals surface area (Å²) < 4.78 is 0. The molecule has 3 rings (SSSR count). The SMILES string of the molecule is Cc1c(C(=O)O)ccc2c1Cc1ccccc1C(CC(=O)O)N2. The topological polar surface area (TPSA) is 86.6 Å². The van der Waals surface area contributed by atoms with Crippen molar-refractivity contribution < 1.29 is 19.8 Å². The largest absolute Gasteiger partial charge is 0.481 e. The smallest absolute Gasteiger partial charge is 0.335 e. The number of carbonyl (C=O) groups is 2. The Kier molecular flexibility index (Phi) is 3.78. The first-order valence-electron chi connectivity index (χ1n) is 7.39. The molecule has 0 fully saturated rings. The quantitative estimate of drug-likeness (QED) is 0.810. The summed E-state index contributed by atoms with van der Waals surface area (Å²) in [5, 5.41) is 21.8. The van der Waals surface area contributed by atoms with E-state index in [9.17, 15) is 19.8 Å². The maximum absolute atomic E-state index is 11.4. The molecule has 1 aliphatic rings. The lowest BCUT2D eigenvalue weighted by Gasteiger charge is -2.19. The second-order valence-corrected chi connectivity index (χ2v) is 5.74. The van der Waals surface area contributed by atoms with Gasteiger partial charge in [0.2, 0.25) is 0 Å². The fraction of sp³-hybridized carbons (Fsp3) is 0.222. The lowest BCUT2D eigenvalue weighted by Crippen LogP contribution is -2.15. The van der Waals surface area contributed by atoms with Crippen molar-refractivity contribution in [3.8, 4) is 0 Å². The molecule has 0 bridgehead atoms. The monoisotopic (exact) mass is 311 g/mol. The van der Waals surface area contributed by atoms with Crippen molar-refractivity contribution in [3.05, 3.63) is 64.2 Å². The van der Waals surface area contributed by atoms with Crippen molar-refractivity contribution in [2.45, 2.75) is 25.8 Å². The Morgan fingerprint density at radius 2 is 1.91 bits per heavy atom. The lowest BCUT2D eigenvalue weighted by molar-refractivity contribution is -0.137. The number of fused-ring (bicyclic) bond motifs is 2. The van der Waals surface area contributed by atoms with Gasteiger partial charge in [0, 0.05) is 12.1 Å². The van der Waals surface area contributed by atoms with Gasteiger partial charge in [-0.1, -0.05) is 24.3 Å². The third kappa shape index (κ3) is 2.77. The van der Waals surface area contributed by atoms with E-state index in [-0.39, 0.29) is 18.0 Å². The molecule has 1 atom stereocenters. The average Bonchev–Trinajstić information content (AvgIpc) is 2.64. The maximum Gasteiger partial charge on any atom is 0.335 e. The Balaban J connectivity index is 2.15. The minimum Gasteiger partial charge on any atom is -0.481 e. The van der Waals surface area contributed by atoms with E-state index in [2.05, 4.69) is 5.32 Å². The van der Waals surface area contributed by atoms with Crippen molar-refractivity contribution >= 4 is 17.6 Å². The van der Waals surface area contributed by atoms with Gasteiger partial charge in [0.15, 0.2) is 0 Å². The third-order valence-corrected chi connectivity index (χ3v) is 4.34. The molecule has 2 aromatic rings. The number of aliphatic carboxylic acids is 1.